The van der Waals surface area contributed by atoms with Gasteiger partial charge in [-0.3, -0.25) is 13.9 Å². The number of rotatable bonds is 12. The van der Waals surface area contributed by atoms with Crippen molar-refractivity contribution in [2.75, 3.05) is 10.8 Å². The van der Waals surface area contributed by atoms with Gasteiger partial charge in [0.1, 0.15) is 12.6 Å². The van der Waals surface area contributed by atoms with Crippen LogP contribution >= 0.6 is 34.8 Å². The van der Waals surface area contributed by atoms with E-state index in [0.717, 1.165) is 4.31 Å². The van der Waals surface area contributed by atoms with Crippen LogP contribution in [-0.4, -0.2) is 43.8 Å². The maximum absolute atomic E-state index is 14.2. The number of aryl methyl sites for hydroxylation is 1. The first-order chi connectivity index (χ1) is 19.4. The van der Waals surface area contributed by atoms with Crippen molar-refractivity contribution in [2.24, 2.45) is 0 Å². The van der Waals surface area contributed by atoms with E-state index in [2.05, 4.69) is 5.32 Å². The molecular formula is C30H34Cl3N3O4S. The van der Waals surface area contributed by atoms with Crippen molar-refractivity contribution in [3.05, 3.63) is 92.9 Å². The second-order valence-corrected chi connectivity index (χ2v) is 12.8. The number of carbonyl (C=O) groups excluding carboxylic acids is 2. The molecule has 0 heterocycles. The quantitative estimate of drug-likeness (QED) is 0.235. The Hall–Kier alpha value is -2.78. The van der Waals surface area contributed by atoms with Crippen LogP contribution in [0, 0.1) is 6.92 Å². The van der Waals surface area contributed by atoms with Crippen LogP contribution < -0.4 is 9.62 Å². The highest BCUT2D eigenvalue weighted by Crippen LogP contribution is 2.31. The number of amides is 2. The molecule has 0 saturated heterocycles. The van der Waals surface area contributed by atoms with Gasteiger partial charge >= 0.3 is 0 Å². The van der Waals surface area contributed by atoms with Crippen LogP contribution in [-0.2, 0) is 26.2 Å². The van der Waals surface area contributed by atoms with E-state index in [-0.39, 0.29) is 35.5 Å². The van der Waals surface area contributed by atoms with Crippen LogP contribution in [0.2, 0.25) is 15.1 Å². The van der Waals surface area contributed by atoms with Crippen molar-refractivity contribution in [3.63, 3.8) is 0 Å². The maximum atomic E-state index is 14.2. The zero-order chi connectivity index (χ0) is 30.3. The first-order valence-electron chi connectivity index (χ1n) is 13.3. The molecule has 0 fully saturated rings. The summed E-state index contributed by atoms with van der Waals surface area (Å²) in [6.07, 6.45) is 0.974. The molecule has 3 aromatic carbocycles. The monoisotopic (exact) mass is 637 g/mol. The van der Waals surface area contributed by atoms with E-state index >= 15 is 0 Å². The minimum atomic E-state index is -4.21. The topological polar surface area (TPSA) is 86.8 Å². The van der Waals surface area contributed by atoms with Gasteiger partial charge in [-0.15, -0.1) is 0 Å². The summed E-state index contributed by atoms with van der Waals surface area (Å²) >= 11 is 19.2. The van der Waals surface area contributed by atoms with Gasteiger partial charge in [0.15, 0.2) is 0 Å². The molecule has 0 aliphatic carbocycles. The van der Waals surface area contributed by atoms with Gasteiger partial charge in [0, 0.05) is 33.2 Å². The Kier molecular flexibility index (Phi) is 11.5. The van der Waals surface area contributed by atoms with Crippen LogP contribution in [0.25, 0.3) is 0 Å². The lowest BCUT2D eigenvalue weighted by Gasteiger charge is -2.34. The van der Waals surface area contributed by atoms with Gasteiger partial charge in [0.05, 0.1) is 10.6 Å². The first kappa shape index (κ1) is 32.7. The highest BCUT2D eigenvalue weighted by atomic mass is 35.5. The van der Waals surface area contributed by atoms with Gasteiger partial charge in [-0.25, -0.2) is 8.42 Å². The maximum Gasteiger partial charge on any atom is 0.264 e. The molecule has 2 atom stereocenters. The van der Waals surface area contributed by atoms with Gasteiger partial charge in [-0.1, -0.05) is 79.0 Å². The summed E-state index contributed by atoms with van der Waals surface area (Å²) in [6.45, 7) is 6.65. The van der Waals surface area contributed by atoms with E-state index in [4.69, 9.17) is 34.8 Å². The molecule has 2 amide bonds. The summed E-state index contributed by atoms with van der Waals surface area (Å²) in [5.41, 5.74) is 1.31. The summed E-state index contributed by atoms with van der Waals surface area (Å²) in [5, 5.41) is 3.90. The van der Waals surface area contributed by atoms with Crippen LogP contribution in [0.1, 0.15) is 44.7 Å². The molecule has 0 unspecified atom stereocenters. The number of sulfonamides is 1. The third-order valence-corrected chi connectivity index (χ3v) is 9.54. The highest BCUT2D eigenvalue weighted by Gasteiger charge is 2.35. The fourth-order valence-corrected chi connectivity index (χ4v) is 6.47. The Morgan fingerprint density at radius 1 is 0.902 bits per heavy atom. The fourth-order valence-electron chi connectivity index (χ4n) is 4.30. The smallest absolute Gasteiger partial charge is 0.264 e. The molecule has 0 aromatic heterocycles. The summed E-state index contributed by atoms with van der Waals surface area (Å²) in [4.78, 5) is 29.0. The number of carbonyl (C=O) groups is 2. The second kappa shape index (κ2) is 14.4. The summed E-state index contributed by atoms with van der Waals surface area (Å²) < 4.78 is 29.0. The van der Waals surface area contributed by atoms with Crippen LogP contribution in [0.4, 0.5) is 5.69 Å². The normalized spacial score (nSPS) is 12.9. The Morgan fingerprint density at radius 2 is 1.54 bits per heavy atom. The van der Waals surface area contributed by atoms with Crippen molar-refractivity contribution in [3.8, 4) is 0 Å². The van der Waals surface area contributed by atoms with Crippen molar-refractivity contribution in [2.45, 2.75) is 64.1 Å². The molecule has 0 bridgehead atoms. The molecule has 41 heavy (non-hydrogen) atoms. The van der Waals surface area contributed by atoms with E-state index in [9.17, 15) is 18.0 Å². The SMILES string of the molecule is CC[C@H](C(=O)N[C@@H](C)CC)N(Cc1c(Cl)cccc1Cl)C(=O)CN(c1cc(Cl)ccc1C)S(=O)(=O)c1ccccc1. The number of halogens is 3. The second-order valence-electron chi connectivity index (χ2n) is 9.72. The molecule has 1 N–H and O–H groups in total. The number of hydrogen-bond donors (Lipinski definition) is 1. The summed E-state index contributed by atoms with van der Waals surface area (Å²) in [5.74, 6) is -0.958. The molecular weight excluding hydrogens is 605 g/mol. The predicted octanol–water partition coefficient (Wildman–Crippen LogP) is 6.87. The van der Waals surface area contributed by atoms with Crippen molar-refractivity contribution >= 4 is 62.3 Å². The van der Waals surface area contributed by atoms with E-state index in [1.807, 2.05) is 13.8 Å². The van der Waals surface area contributed by atoms with Crippen LogP contribution in [0.15, 0.2) is 71.6 Å². The average molecular weight is 639 g/mol. The zero-order valence-electron chi connectivity index (χ0n) is 23.4. The summed E-state index contributed by atoms with van der Waals surface area (Å²) in [6, 6.07) is 16.6. The van der Waals surface area contributed by atoms with Gasteiger partial charge < -0.3 is 10.2 Å². The number of hydrogen-bond acceptors (Lipinski definition) is 4. The molecule has 3 rings (SSSR count). The molecule has 0 saturated carbocycles. The lowest BCUT2D eigenvalue weighted by molar-refractivity contribution is -0.140. The molecule has 0 aliphatic rings. The fraction of sp³-hybridized carbons (Fsp3) is 0.333. The minimum absolute atomic E-state index is 0.00873. The van der Waals surface area contributed by atoms with Crippen LogP contribution in [0.5, 0.6) is 0 Å². The van der Waals surface area contributed by atoms with Gasteiger partial charge in [-0.2, -0.15) is 0 Å². The Labute approximate surface area is 257 Å². The van der Waals surface area contributed by atoms with E-state index in [1.165, 1.54) is 23.1 Å². The summed E-state index contributed by atoms with van der Waals surface area (Å²) in [7, 11) is -4.21. The number of nitrogens with zero attached hydrogens (tertiary/aromatic N) is 2. The third-order valence-electron chi connectivity index (χ3n) is 6.83. The third kappa shape index (κ3) is 7.95. The van der Waals surface area contributed by atoms with Gasteiger partial charge in [0.25, 0.3) is 10.0 Å². The zero-order valence-corrected chi connectivity index (χ0v) is 26.5. The average Bonchev–Trinajstić information content (AvgIpc) is 2.94. The molecule has 3 aromatic rings. The Balaban J connectivity index is 2.13. The minimum Gasteiger partial charge on any atom is -0.352 e. The standard InChI is InChI=1S/C30H34Cl3N3O4S/c1-5-21(4)34-30(38)27(6-2)35(18-24-25(32)13-10-14-26(24)33)29(37)19-36(28-17-22(31)16-15-20(28)3)41(39,40)23-11-8-7-9-12-23/h7-17,21,27H,5-6,18-19H2,1-4H3,(H,34,38)/t21-,27+/m0/s1. The lowest BCUT2D eigenvalue weighted by Crippen LogP contribution is -2.53. The molecule has 0 spiro atoms. The Bertz CT molecular complexity index is 1470. The van der Waals surface area contributed by atoms with Gasteiger partial charge in [-0.05, 0) is 68.7 Å². The number of nitrogens with one attached hydrogen (secondary N) is 1. The highest BCUT2D eigenvalue weighted by molar-refractivity contribution is 7.92. The number of benzene rings is 3. The lowest BCUT2D eigenvalue weighted by atomic mass is 10.1. The molecule has 0 aliphatic heterocycles. The van der Waals surface area contributed by atoms with Crippen molar-refractivity contribution in [1.82, 2.24) is 10.2 Å². The Morgan fingerprint density at radius 3 is 2.12 bits per heavy atom. The molecule has 0 radical (unpaired) electrons. The largest absolute Gasteiger partial charge is 0.352 e. The molecule has 11 heteroatoms. The van der Waals surface area contributed by atoms with E-state index in [1.54, 1.807) is 62.4 Å². The first-order valence-corrected chi connectivity index (χ1v) is 15.8. The van der Waals surface area contributed by atoms with Gasteiger partial charge in [0.2, 0.25) is 11.8 Å². The van der Waals surface area contributed by atoms with E-state index in [0.29, 0.717) is 32.6 Å². The molecule has 7 nitrogen and oxygen atoms in total. The van der Waals surface area contributed by atoms with Crippen LogP contribution in [0.3, 0.4) is 0 Å². The van der Waals surface area contributed by atoms with E-state index < -0.39 is 28.5 Å². The number of anilines is 1. The van der Waals surface area contributed by atoms with Crippen molar-refractivity contribution in [1.29, 1.82) is 0 Å². The van der Waals surface area contributed by atoms with Crippen molar-refractivity contribution < 1.29 is 18.0 Å². The molecule has 220 valence electrons. The predicted molar refractivity (Wildman–Crippen MR) is 166 cm³/mol.